The topological polar surface area (TPSA) is 37.4 Å². The van der Waals surface area contributed by atoms with Crippen molar-refractivity contribution in [3.63, 3.8) is 0 Å². The fourth-order valence-electron chi connectivity index (χ4n) is 2.61. The second kappa shape index (κ2) is 6.76. The van der Waals surface area contributed by atoms with Crippen LogP contribution in [0.3, 0.4) is 0 Å². The number of halogens is 3. The van der Waals surface area contributed by atoms with Crippen LogP contribution in [-0.2, 0) is 6.54 Å². The van der Waals surface area contributed by atoms with Gasteiger partial charge in [0.1, 0.15) is 5.75 Å². The average Bonchev–Trinajstić information content (AvgIpc) is 3.15. The van der Waals surface area contributed by atoms with Crippen molar-refractivity contribution in [3.05, 3.63) is 40.8 Å². The summed E-state index contributed by atoms with van der Waals surface area (Å²) < 4.78 is 40.9. The predicted molar refractivity (Wildman–Crippen MR) is 82.7 cm³/mol. The maximum atomic E-state index is 12.3. The highest BCUT2D eigenvalue weighted by Crippen LogP contribution is 2.28. The molecule has 4 nitrogen and oxygen atoms in total. The molecule has 1 N–H and O–H groups in total. The van der Waals surface area contributed by atoms with Gasteiger partial charge in [-0.05, 0) is 18.6 Å². The summed E-state index contributed by atoms with van der Waals surface area (Å²) in [6, 6.07) is 6.43. The van der Waals surface area contributed by atoms with Gasteiger partial charge in [0.15, 0.2) is 0 Å². The number of alkyl halides is 3. The Kier molecular flexibility index (Phi) is 4.72. The van der Waals surface area contributed by atoms with E-state index in [-0.39, 0.29) is 5.75 Å². The maximum Gasteiger partial charge on any atom is 0.573 e. The lowest BCUT2D eigenvalue weighted by Gasteiger charge is -2.20. The van der Waals surface area contributed by atoms with E-state index in [1.165, 1.54) is 17.0 Å². The molecule has 1 fully saturated rings. The van der Waals surface area contributed by atoms with Crippen LogP contribution in [0.15, 0.2) is 36.0 Å². The second-order valence-electron chi connectivity index (χ2n) is 5.33. The van der Waals surface area contributed by atoms with Crippen LogP contribution >= 0.6 is 11.3 Å². The van der Waals surface area contributed by atoms with E-state index in [0.29, 0.717) is 6.04 Å². The van der Waals surface area contributed by atoms with E-state index in [1.54, 1.807) is 29.0 Å². The first-order valence-electron chi connectivity index (χ1n) is 7.21. The highest BCUT2D eigenvalue weighted by atomic mass is 32.1. The van der Waals surface area contributed by atoms with Gasteiger partial charge in [0.05, 0.1) is 5.51 Å². The summed E-state index contributed by atoms with van der Waals surface area (Å²) in [4.78, 5) is 7.26. The van der Waals surface area contributed by atoms with Crippen LogP contribution in [0.5, 0.6) is 5.75 Å². The van der Waals surface area contributed by atoms with Crippen LogP contribution in [0.4, 0.5) is 18.9 Å². The first-order chi connectivity index (χ1) is 11.0. The number of anilines is 1. The van der Waals surface area contributed by atoms with Gasteiger partial charge in [-0.2, -0.15) is 0 Å². The molecular formula is C15H16F3N3OS. The van der Waals surface area contributed by atoms with E-state index < -0.39 is 6.36 Å². The number of nitrogens with zero attached hydrogens (tertiary/aromatic N) is 2. The molecule has 8 heteroatoms. The van der Waals surface area contributed by atoms with E-state index in [2.05, 4.69) is 19.9 Å². The Hall–Kier alpha value is -1.80. The first kappa shape index (κ1) is 16.1. The smallest absolute Gasteiger partial charge is 0.406 e. The Balaban J connectivity index is 1.57. The SMILES string of the molecule is FC(F)(F)Oc1cccc(N2CC[C@@H](NCc3cncs3)C2)c1. The van der Waals surface area contributed by atoms with Crippen LogP contribution < -0.4 is 15.0 Å². The van der Waals surface area contributed by atoms with Crippen LogP contribution in [0, 0.1) is 0 Å². The number of hydrogen-bond donors (Lipinski definition) is 1. The molecule has 1 aromatic carbocycles. The Morgan fingerprint density at radius 2 is 2.26 bits per heavy atom. The van der Waals surface area contributed by atoms with E-state index in [0.717, 1.165) is 31.7 Å². The molecular weight excluding hydrogens is 327 g/mol. The fraction of sp³-hybridized carbons (Fsp3) is 0.400. The number of benzene rings is 1. The molecule has 23 heavy (non-hydrogen) atoms. The molecule has 0 amide bonds. The zero-order valence-corrected chi connectivity index (χ0v) is 13.0. The molecule has 2 aromatic rings. The van der Waals surface area contributed by atoms with Crippen molar-refractivity contribution >= 4 is 17.0 Å². The Labute approximate surface area is 135 Å². The van der Waals surface area contributed by atoms with Crippen LogP contribution in [0.2, 0.25) is 0 Å². The minimum absolute atomic E-state index is 0.184. The van der Waals surface area contributed by atoms with Crippen molar-refractivity contribution < 1.29 is 17.9 Å². The fourth-order valence-corrected chi connectivity index (χ4v) is 3.16. The lowest BCUT2D eigenvalue weighted by Crippen LogP contribution is -2.31. The Bertz CT molecular complexity index is 633. The molecule has 1 saturated heterocycles. The lowest BCUT2D eigenvalue weighted by atomic mass is 10.2. The molecule has 1 aliphatic rings. The largest absolute Gasteiger partial charge is 0.573 e. The normalized spacial score (nSPS) is 18.4. The zero-order valence-electron chi connectivity index (χ0n) is 12.2. The van der Waals surface area contributed by atoms with Gasteiger partial charge < -0.3 is 15.0 Å². The molecule has 0 bridgehead atoms. The summed E-state index contributed by atoms with van der Waals surface area (Å²) in [5.74, 6) is -0.184. The standard InChI is InChI=1S/C15H16F3N3OS/c16-15(17,18)22-13-3-1-2-12(6-13)21-5-4-11(9-21)20-8-14-7-19-10-23-14/h1-3,6-7,10-11,20H,4-5,8-9H2/t11-/m1/s1. The molecule has 124 valence electrons. The highest BCUT2D eigenvalue weighted by Gasteiger charge is 2.31. The quantitative estimate of drug-likeness (QED) is 0.903. The number of aromatic nitrogens is 1. The van der Waals surface area contributed by atoms with Crippen molar-refractivity contribution in [3.8, 4) is 5.75 Å². The van der Waals surface area contributed by atoms with Gasteiger partial charge in [0.2, 0.25) is 0 Å². The van der Waals surface area contributed by atoms with Crippen molar-refractivity contribution in [2.24, 2.45) is 0 Å². The van der Waals surface area contributed by atoms with Gasteiger partial charge in [0.25, 0.3) is 0 Å². The first-order valence-corrected chi connectivity index (χ1v) is 8.09. The van der Waals surface area contributed by atoms with E-state index >= 15 is 0 Å². The number of nitrogens with one attached hydrogen (secondary N) is 1. The summed E-state index contributed by atoms with van der Waals surface area (Å²) in [5.41, 5.74) is 2.54. The summed E-state index contributed by atoms with van der Waals surface area (Å²) in [6.07, 6.45) is -1.88. The lowest BCUT2D eigenvalue weighted by molar-refractivity contribution is -0.274. The molecule has 1 aliphatic heterocycles. The Morgan fingerprint density at radius 3 is 3.00 bits per heavy atom. The summed E-state index contributed by atoms with van der Waals surface area (Å²) in [6.45, 7) is 2.32. The van der Waals surface area contributed by atoms with Gasteiger partial charge in [-0.3, -0.25) is 4.98 Å². The highest BCUT2D eigenvalue weighted by molar-refractivity contribution is 7.09. The van der Waals surface area contributed by atoms with Crippen molar-refractivity contribution in [2.75, 3.05) is 18.0 Å². The molecule has 1 aromatic heterocycles. The minimum Gasteiger partial charge on any atom is -0.406 e. The molecule has 0 aliphatic carbocycles. The zero-order chi connectivity index (χ0) is 16.3. The van der Waals surface area contributed by atoms with Gasteiger partial charge >= 0.3 is 6.36 Å². The van der Waals surface area contributed by atoms with Gasteiger partial charge in [-0.1, -0.05) is 6.07 Å². The van der Waals surface area contributed by atoms with Crippen LogP contribution in [-0.4, -0.2) is 30.5 Å². The van der Waals surface area contributed by atoms with E-state index in [1.807, 2.05) is 6.20 Å². The van der Waals surface area contributed by atoms with Gasteiger partial charge in [-0.25, -0.2) is 0 Å². The third-order valence-corrected chi connectivity index (χ3v) is 4.43. The number of rotatable bonds is 5. The van der Waals surface area contributed by atoms with Crippen LogP contribution in [0.25, 0.3) is 0 Å². The molecule has 3 rings (SSSR count). The average molecular weight is 343 g/mol. The van der Waals surface area contributed by atoms with Crippen molar-refractivity contribution in [2.45, 2.75) is 25.4 Å². The second-order valence-corrected chi connectivity index (χ2v) is 6.30. The molecule has 0 unspecified atom stereocenters. The van der Waals surface area contributed by atoms with Gasteiger partial charge in [-0.15, -0.1) is 24.5 Å². The predicted octanol–water partition coefficient (Wildman–Crippen LogP) is 3.41. The third-order valence-electron chi connectivity index (χ3n) is 3.65. The monoisotopic (exact) mass is 343 g/mol. The number of thiazole rings is 1. The minimum atomic E-state index is -4.66. The Morgan fingerprint density at radius 1 is 1.39 bits per heavy atom. The number of hydrogen-bond acceptors (Lipinski definition) is 5. The number of ether oxygens (including phenoxy) is 1. The summed E-state index contributed by atoms with van der Waals surface area (Å²) in [7, 11) is 0. The van der Waals surface area contributed by atoms with E-state index in [4.69, 9.17) is 0 Å². The third kappa shape index (κ3) is 4.59. The maximum absolute atomic E-state index is 12.3. The molecule has 0 radical (unpaired) electrons. The molecule has 0 spiro atoms. The van der Waals surface area contributed by atoms with Crippen molar-refractivity contribution in [1.29, 1.82) is 0 Å². The van der Waals surface area contributed by atoms with Crippen molar-refractivity contribution in [1.82, 2.24) is 10.3 Å². The molecule has 0 saturated carbocycles. The van der Waals surface area contributed by atoms with Gasteiger partial charge in [0, 0.05) is 48.5 Å². The summed E-state index contributed by atoms with van der Waals surface area (Å²) in [5, 5.41) is 3.45. The molecule has 2 heterocycles. The summed E-state index contributed by atoms with van der Waals surface area (Å²) >= 11 is 1.60. The van der Waals surface area contributed by atoms with E-state index in [9.17, 15) is 13.2 Å². The molecule has 1 atom stereocenters. The van der Waals surface area contributed by atoms with Crippen LogP contribution in [0.1, 0.15) is 11.3 Å².